The molecule has 0 aromatic rings. The minimum Gasteiger partial charge on any atom is -0.378 e. The van der Waals surface area contributed by atoms with E-state index in [0.29, 0.717) is 0 Å². The smallest absolute Gasteiger partial charge is 0.378 e. The average molecular weight is 278 g/mol. The minimum absolute atomic E-state index is 0.183. The quantitative estimate of drug-likeness (QED) is 0.406. The van der Waals surface area contributed by atoms with Crippen molar-refractivity contribution in [3.8, 4) is 0 Å². The number of hydrogen-bond acceptors (Lipinski definition) is 4. The fourth-order valence-corrected chi connectivity index (χ4v) is 3.73. The van der Waals surface area contributed by atoms with E-state index in [1.54, 1.807) is 21.3 Å². The second-order valence-electron chi connectivity index (χ2n) is 4.49. The summed E-state index contributed by atoms with van der Waals surface area (Å²) in [4.78, 5) is 0. The van der Waals surface area contributed by atoms with Gasteiger partial charge in [0.2, 0.25) is 0 Å². The zero-order valence-electron chi connectivity index (χ0n) is 12.7. The molecule has 18 heavy (non-hydrogen) atoms. The van der Waals surface area contributed by atoms with Gasteiger partial charge in [-0.05, 0) is 12.8 Å². The SMILES string of the molecule is CCCCOC(CCCC)C[Si](OC)(OC)OC. The molecule has 110 valence electrons. The summed E-state index contributed by atoms with van der Waals surface area (Å²) >= 11 is 0. The lowest BCUT2D eigenvalue weighted by Crippen LogP contribution is -2.46. The Morgan fingerprint density at radius 2 is 1.44 bits per heavy atom. The van der Waals surface area contributed by atoms with Crippen molar-refractivity contribution in [2.75, 3.05) is 27.9 Å². The molecule has 0 saturated heterocycles. The highest BCUT2D eigenvalue weighted by molar-refractivity contribution is 6.60. The summed E-state index contributed by atoms with van der Waals surface area (Å²) in [6, 6.07) is 0.736. The molecule has 0 fully saturated rings. The van der Waals surface area contributed by atoms with Crippen LogP contribution in [0.3, 0.4) is 0 Å². The van der Waals surface area contributed by atoms with Crippen LogP contribution in [0.4, 0.5) is 0 Å². The lowest BCUT2D eigenvalue weighted by Gasteiger charge is -2.28. The zero-order chi connectivity index (χ0) is 13.9. The fourth-order valence-electron chi connectivity index (χ4n) is 1.85. The summed E-state index contributed by atoms with van der Waals surface area (Å²) in [6.45, 7) is 5.17. The van der Waals surface area contributed by atoms with Crippen LogP contribution < -0.4 is 0 Å². The maximum Gasteiger partial charge on any atom is 0.502 e. The van der Waals surface area contributed by atoms with Crippen molar-refractivity contribution in [1.29, 1.82) is 0 Å². The molecule has 0 N–H and O–H groups in total. The second kappa shape index (κ2) is 10.9. The van der Waals surface area contributed by atoms with Crippen LogP contribution in [0, 0.1) is 0 Å². The molecule has 0 amide bonds. The van der Waals surface area contributed by atoms with Gasteiger partial charge >= 0.3 is 8.80 Å². The first kappa shape index (κ1) is 18.1. The summed E-state index contributed by atoms with van der Waals surface area (Å²) < 4.78 is 22.3. The Bertz CT molecular complexity index is 178. The molecule has 0 aliphatic carbocycles. The van der Waals surface area contributed by atoms with E-state index in [-0.39, 0.29) is 6.10 Å². The van der Waals surface area contributed by atoms with E-state index < -0.39 is 8.80 Å². The fraction of sp³-hybridized carbons (Fsp3) is 1.00. The maximum atomic E-state index is 5.94. The predicted molar refractivity (Wildman–Crippen MR) is 75.8 cm³/mol. The van der Waals surface area contributed by atoms with Crippen molar-refractivity contribution in [1.82, 2.24) is 0 Å². The Hall–Kier alpha value is 0.0569. The molecule has 5 heteroatoms. The van der Waals surface area contributed by atoms with Gasteiger partial charge in [-0.2, -0.15) is 0 Å². The number of unbranched alkanes of at least 4 members (excludes halogenated alkanes) is 2. The standard InChI is InChI=1S/C13H30O4Si/c1-6-8-10-13(17-11-9-7-2)12-18(14-3,15-4)16-5/h13H,6-12H2,1-5H3. The summed E-state index contributed by atoms with van der Waals surface area (Å²) in [7, 11) is 2.45. The van der Waals surface area contributed by atoms with Gasteiger partial charge in [0.25, 0.3) is 0 Å². The van der Waals surface area contributed by atoms with Gasteiger partial charge in [0.15, 0.2) is 0 Å². The lowest BCUT2D eigenvalue weighted by molar-refractivity contribution is 0.0346. The molecule has 0 radical (unpaired) electrons. The van der Waals surface area contributed by atoms with E-state index in [4.69, 9.17) is 18.0 Å². The Morgan fingerprint density at radius 1 is 0.889 bits per heavy atom. The van der Waals surface area contributed by atoms with Gasteiger partial charge in [0.1, 0.15) is 0 Å². The Morgan fingerprint density at radius 3 is 1.89 bits per heavy atom. The van der Waals surface area contributed by atoms with E-state index in [1.165, 1.54) is 12.8 Å². The van der Waals surface area contributed by atoms with Gasteiger partial charge in [0.05, 0.1) is 6.10 Å². The van der Waals surface area contributed by atoms with Crippen LogP contribution >= 0.6 is 0 Å². The monoisotopic (exact) mass is 278 g/mol. The van der Waals surface area contributed by atoms with E-state index >= 15 is 0 Å². The van der Waals surface area contributed by atoms with Crippen LogP contribution in [0.1, 0.15) is 46.0 Å². The van der Waals surface area contributed by atoms with Gasteiger partial charge < -0.3 is 18.0 Å². The molecule has 0 aromatic heterocycles. The minimum atomic E-state index is -2.52. The molecular formula is C13H30O4Si. The highest BCUT2D eigenvalue weighted by Gasteiger charge is 2.40. The van der Waals surface area contributed by atoms with Crippen molar-refractivity contribution in [2.24, 2.45) is 0 Å². The third-order valence-corrected chi connectivity index (χ3v) is 5.96. The Kier molecular flexibility index (Phi) is 11.0. The van der Waals surface area contributed by atoms with Crippen molar-refractivity contribution in [3.63, 3.8) is 0 Å². The van der Waals surface area contributed by atoms with Gasteiger partial charge in [-0.3, -0.25) is 0 Å². The predicted octanol–water partition coefficient (Wildman–Crippen LogP) is 3.24. The van der Waals surface area contributed by atoms with E-state index in [9.17, 15) is 0 Å². The first-order valence-electron chi connectivity index (χ1n) is 6.95. The summed E-state index contributed by atoms with van der Waals surface area (Å²) in [5, 5.41) is 0. The molecule has 0 rings (SSSR count). The number of hydrogen-bond donors (Lipinski definition) is 0. The van der Waals surface area contributed by atoms with E-state index in [2.05, 4.69) is 13.8 Å². The molecule has 0 saturated carbocycles. The first-order chi connectivity index (χ1) is 8.67. The third-order valence-electron chi connectivity index (χ3n) is 3.14. The molecule has 4 nitrogen and oxygen atoms in total. The van der Waals surface area contributed by atoms with Crippen LogP contribution in [0.2, 0.25) is 6.04 Å². The van der Waals surface area contributed by atoms with E-state index in [0.717, 1.165) is 31.9 Å². The van der Waals surface area contributed by atoms with Crippen LogP contribution in [-0.2, 0) is 18.0 Å². The molecule has 1 unspecified atom stereocenters. The summed E-state index contributed by atoms with van der Waals surface area (Å²) in [5.74, 6) is 0. The molecule has 1 atom stereocenters. The van der Waals surface area contributed by atoms with Crippen LogP contribution in [0.25, 0.3) is 0 Å². The molecule has 0 spiro atoms. The van der Waals surface area contributed by atoms with Crippen molar-refractivity contribution in [3.05, 3.63) is 0 Å². The van der Waals surface area contributed by atoms with Crippen molar-refractivity contribution in [2.45, 2.75) is 58.1 Å². The number of ether oxygens (including phenoxy) is 1. The van der Waals surface area contributed by atoms with Crippen molar-refractivity contribution >= 4 is 8.80 Å². The molecule has 0 aliphatic rings. The molecule has 0 heterocycles. The third kappa shape index (κ3) is 6.85. The molecule has 0 aromatic carbocycles. The highest BCUT2D eigenvalue weighted by atomic mass is 28.4. The summed E-state index contributed by atoms with van der Waals surface area (Å²) in [5.41, 5.74) is 0. The molecular weight excluding hydrogens is 248 g/mol. The normalized spacial score (nSPS) is 13.8. The Labute approximate surface area is 113 Å². The van der Waals surface area contributed by atoms with Crippen LogP contribution in [0.5, 0.6) is 0 Å². The zero-order valence-corrected chi connectivity index (χ0v) is 13.7. The maximum absolute atomic E-state index is 5.94. The largest absolute Gasteiger partial charge is 0.502 e. The highest BCUT2D eigenvalue weighted by Crippen LogP contribution is 2.21. The Balaban J connectivity index is 4.33. The molecule has 0 aliphatic heterocycles. The topological polar surface area (TPSA) is 36.9 Å². The van der Waals surface area contributed by atoms with Gasteiger partial charge in [0, 0.05) is 34.0 Å². The first-order valence-corrected chi connectivity index (χ1v) is 8.88. The van der Waals surface area contributed by atoms with Crippen LogP contribution in [0.15, 0.2) is 0 Å². The number of rotatable bonds is 12. The van der Waals surface area contributed by atoms with Gasteiger partial charge in [-0.1, -0.05) is 33.1 Å². The van der Waals surface area contributed by atoms with Gasteiger partial charge in [-0.25, -0.2) is 0 Å². The summed E-state index contributed by atoms with van der Waals surface area (Å²) in [6.07, 6.45) is 5.83. The lowest BCUT2D eigenvalue weighted by atomic mass is 10.2. The van der Waals surface area contributed by atoms with Gasteiger partial charge in [-0.15, -0.1) is 0 Å². The second-order valence-corrected chi connectivity index (χ2v) is 7.49. The van der Waals surface area contributed by atoms with E-state index in [1.807, 2.05) is 0 Å². The van der Waals surface area contributed by atoms with Crippen molar-refractivity contribution < 1.29 is 18.0 Å². The van der Waals surface area contributed by atoms with Crippen LogP contribution in [-0.4, -0.2) is 42.8 Å². The average Bonchev–Trinajstić information content (AvgIpc) is 2.42. The molecule has 0 bridgehead atoms.